The molecule has 7 heteroatoms. The Balaban J connectivity index is 1.98. The molecule has 0 saturated carbocycles. The van der Waals surface area contributed by atoms with Crippen LogP contribution < -0.4 is 25.4 Å². The van der Waals surface area contributed by atoms with Crippen LogP contribution in [0.2, 0.25) is 0 Å². The Bertz CT molecular complexity index is 576. The maximum Gasteiger partial charge on any atom is 0.279 e. The number of anilines is 1. The number of hydrogen-bond donors (Lipinski definition) is 3. The lowest BCUT2D eigenvalue weighted by Crippen LogP contribution is -3.14. The third-order valence-corrected chi connectivity index (χ3v) is 4.11. The van der Waals surface area contributed by atoms with Gasteiger partial charge in [-0.1, -0.05) is 0 Å². The van der Waals surface area contributed by atoms with Gasteiger partial charge >= 0.3 is 0 Å². The van der Waals surface area contributed by atoms with E-state index in [1.54, 1.807) is 32.4 Å². The fourth-order valence-electron chi connectivity index (χ4n) is 2.89. The molecule has 0 aliphatic carbocycles. The molecule has 0 aromatic heterocycles. The van der Waals surface area contributed by atoms with Gasteiger partial charge in [-0.05, 0) is 25.0 Å². The first-order valence-electron chi connectivity index (χ1n) is 7.68. The van der Waals surface area contributed by atoms with Gasteiger partial charge in [0.1, 0.15) is 11.5 Å². The number of nitrogens with two attached hydrogens (primary N) is 1. The number of carbonyl (C=O) groups is 2. The summed E-state index contributed by atoms with van der Waals surface area (Å²) < 4.78 is 10.4. The molecular weight excluding hydrogens is 298 g/mol. The molecule has 1 aliphatic heterocycles. The lowest BCUT2D eigenvalue weighted by atomic mass is 9.97. The number of rotatable bonds is 6. The molecule has 1 unspecified atom stereocenters. The minimum absolute atomic E-state index is 0.128. The number of methoxy groups -OCH3 is 2. The first-order chi connectivity index (χ1) is 11.0. The smallest absolute Gasteiger partial charge is 0.279 e. The molecule has 23 heavy (non-hydrogen) atoms. The molecule has 2 amide bonds. The number of hydrogen-bond acceptors (Lipinski definition) is 4. The molecule has 0 spiro atoms. The van der Waals surface area contributed by atoms with Crippen molar-refractivity contribution in [1.82, 2.24) is 0 Å². The van der Waals surface area contributed by atoms with Gasteiger partial charge in [-0.25, -0.2) is 0 Å². The Kier molecular flexibility index (Phi) is 5.81. The lowest BCUT2D eigenvalue weighted by molar-refractivity contribution is -0.899. The maximum absolute atomic E-state index is 12.3. The zero-order valence-corrected chi connectivity index (χ0v) is 13.6. The van der Waals surface area contributed by atoms with Gasteiger partial charge in [0, 0.05) is 6.07 Å². The van der Waals surface area contributed by atoms with Crippen LogP contribution in [0.5, 0.6) is 11.5 Å². The van der Waals surface area contributed by atoms with Crippen LogP contribution in [-0.4, -0.2) is 45.7 Å². The summed E-state index contributed by atoms with van der Waals surface area (Å²) in [4.78, 5) is 24.7. The van der Waals surface area contributed by atoms with Crippen molar-refractivity contribution < 1.29 is 24.0 Å². The number of primary amides is 1. The van der Waals surface area contributed by atoms with Gasteiger partial charge in [-0.2, -0.15) is 0 Å². The summed E-state index contributed by atoms with van der Waals surface area (Å²) >= 11 is 0. The predicted octanol–water partition coefficient (Wildman–Crippen LogP) is -0.577. The molecule has 0 radical (unpaired) electrons. The van der Waals surface area contributed by atoms with E-state index in [1.807, 2.05) is 0 Å². The lowest BCUT2D eigenvalue weighted by Gasteiger charge is -2.27. The van der Waals surface area contributed by atoms with Gasteiger partial charge < -0.3 is 25.4 Å². The number of carbonyl (C=O) groups excluding carboxylic acids is 2. The van der Waals surface area contributed by atoms with Gasteiger partial charge in [0.2, 0.25) is 5.91 Å². The van der Waals surface area contributed by atoms with Gasteiger partial charge in [0.25, 0.3) is 5.91 Å². The number of amides is 2. The third kappa shape index (κ3) is 4.59. The molecule has 1 aromatic carbocycles. The van der Waals surface area contributed by atoms with Crippen LogP contribution in [0.25, 0.3) is 0 Å². The Morgan fingerprint density at radius 1 is 1.35 bits per heavy atom. The second-order valence-corrected chi connectivity index (χ2v) is 5.74. The summed E-state index contributed by atoms with van der Waals surface area (Å²) in [6, 6.07) is 5.22. The van der Waals surface area contributed by atoms with Crippen LogP contribution in [0.3, 0.4) is 0 Å². The molecule has 7 nitrogen and oxygen atoms in total. The van der Waals surface area contributed by atoms with Crippen molar-refractivity contribution in [1.29, 1.82) is 0 Å². The highest BCUT2D eigenvalue weighted by Crippen LogP contribution is 2.28. The number of ether oxygens (including phenoxy) is 2. The molecule has 2 atom stereocenters. The van der Waals surface area contributed by atoms with E-state index in [2.05, 4.69) is 5.32 Å². The van der Waals surface area contributed by atoms with Crippen LogP contribution in [0, 0.1) is 5.92 Å². The number of quaternary nitrogens is 1. The number of benzene rings is 1. The van der Waals surface area contributed by atoms with Crippen molar-refractivity contribution in [3.63, 3.8) is 0 Å². The van der Waals surface area contributed by atoms with Crippen LogP contribution in [-0.2, 0) is 9.59 Å². The van der Waals surface area contributed by atoms with E-state index >= 15 is 0 Å². The molecule has 126 valence electrons. The highest BCUT2D eigenvalue weighted by Gasteiger charge is 2.28. The second-order valence-electron chi connectivity index (χ2n) is 5.74. The minimum Gasteiger partial charge on any atom is -0.497 e. The predicted molar refractivity (Wildman–Crippen MR) is 85.7 cm³/mol. The fourth-order valence-corrected chi connectivity index (χ4v) is 2.89. The standard InChI is InChI=1S/C16H23N3O4/c1-22-12-5-6-14(23-2)13(8-12)18-15(20)10-19-7-3-4-11(9-19)16(17)21/h5-6,8,11H,3-4,7,9-10H2,1-2H3,(H2,17,21)(H,18,20)/p+1/t11-/m0/s1. The van der Waals surface area contributed by atoms with E-state index in [0.29, 0.717) is 30.3 Å². The molecule has 1 fully saturated rings. The fraction of sp³-hybridized carbons (Fsp3) is 0.500. The van der Waals surface area contributed by atoms with Crippen LogP contribution in [0.4, 0.5) is 5.69 Å². The summed E-state index contributed by atoms with van der Waals surface area (Å²) in [5.41, 5.74) is 5.94. The molecule has 2 rings (SSSR count). The SMILES string of the molecule is COc1ccc(OC)c(NC(=O)C[NH+]2CCC[C@H](C(N)=O)C2)c1. The highest BCUT2D eigenvalue weighted by molar-refractivity contribution is 5.93. The molecule has 1 aliphatic rings. The Labute approximate surface area is 135 Å². The molecule has 0 bridgehead atoms. The molecule has 1 heterocycles. The van der Waals surface area contributed by atoms with E-state index in [-0.39, 0.29) is 17.7 Å². The zero-order chi connectivity index (χ0) is 16.8. The second kappa shape index (κ2) is 7.82. The first-order valence-corrected chi connectivity index (χ1v) is 7.68. The van der Waals surface area contributed by atoms with E-state index < -0.39 is 0 Å². The topological polar surface area (TPSA) is 95.1 Å². The summed E-state index contributed by atoms with van der Waals surface area (Å²) in [7, 11) is 3.11. The molecular formula is C16H24N3O4+. The van der Waals surface area contributed by atoms with Crippen molar-refractivity contribution >= 4 is 17.5 Å². The number of nitrogens with one attached hydrogen (secondary N) is 2. The van der Waals surface area contributed by atoms with Crippen LogP contribution >= 0.6 is 0 Å². The molecule has 1 saturated heterocycles. The van der Waals surface area contributed by atoms with Gasteiger partial charge in [-0.3, -0.25) is 9.59 Å². The van der Waals surface area contributed by atoms with E-state index in [0.717, 1.165) is 24.3 Å². The Hall–Kier alpha value is -2.28. The minimum atomic E-state index is -0.280. The van der Waals surface area contributed by atoms with Crippen molar-refractivity contribution in [2.75, 3.05) is 39.2 Å². The van der Waals surface area contributed by atoms with Gasteiger partial charge in [0.15, 0.2) is 6.54 Å². The highest BCUT2D eigenvalue weighted by atomic mass is 16.5. The largest absolute Gasteiger partial charge is 0.497 e. The van der Waals surface area contributed by atoms with Crippen LogP contribution in [0.1, 0.15) is 12.8 Å². The van der Waals surface area contributed by atoms with E-state index in [1.165, 1.54) is 0 Å². The van der Waals surface area contributed by atoms with Gasteiger partial charge in [0.05, 0.1) is 38.9 Å². The van der Waals surface area contributed by atoms with Crippen molar-refractivity contribution in [3.8, 4) is 11.5 Å². The average Bonchev–Trinajstić information content (AvgIpc) is 2.54. The quantitative estimate of drug-likeness (QED) is 0.653. The summed E-state index contributed by atoms with van der Waals surface area (Å²) in [6.07, 6.45) is 1.71. The summed E-state index contributed by atoms with van der Waals surface area (Å²) in [6.45, 7) is 1.77. The number of piperidine rings is 1. The first kappa shape index (κ1) is 17.1. The van der Waals surface area contributed by atoms with Gasteiger partial charge in [-0.15, -0.1) is 0 Å². The Morgan fingerprint density at radius 3 is 2.78 bits per heavy atom. The monoisotopic (exact) mass is 322 g/mol. The summed E-state index contributed by atoms with van der Waals surface area (Å²) in [5.74, 6) is 0.662. The normalized spacial score (nSPS) is 20.6. The summed E-state index contributed by atoms with van der Waals surface area (Å²) in [5, 5.41) is 2.85. The molecule has 4 N–H and O–H groups in total. The van der Waals surface area contributed by atoms with E-state index in [4.69, 9.17) is 15.2 Å². The van der Waals surface area contributed by atoms with Crippen molar-refractivity contribution in [3.05, 3.63) is 18.2 Å². The maximum atomic E-state index is 12.3. The van der Waals surface area contributed by atoms with Crippen molar-refractivity contribution in [2.24, 2.45) is 11.7 Å². The zero-order valence-electron chi connectivity index (χ0n) is 13.6. The number of likely N-dealkylation sites (tertiary alicyclic amines) is 1. The average molecular weight is 322 g/mol. The third-order valence-electron chi connectivity index (χ3n) is 4.11. The Morgan fingerprint density at radius 2 is 2.13 bits per heavy atom. The molecule has 1 aromatic rings. The van der Waals surface area contributed by atoms with Crippen molar-refractivity contribution in [2.45, 2.75) is 12.8 Å². The van der Waals surface area contributed by atoms with Crippen LogP contribution in [0.15, 0.2) is 18.2 Å². The van der Waals surface area contributed by atoms with E-state index in [9.17, 15) is 9.59 Å².